The molecule has 1 amide bonds. The van der Waals surface area contributed by atoms with Crippen molar-refractivity contribution in [3.63, 3.8) is 0 Å². The van der Waals surface area contributed by atoms with Gasteiger partial charge in [0.15, 0.2) is 0 Å². The topological polar surface area (TPSA) is 73.3 Å². The number of para-hydroxylation sites is 2. The number of carbonyl (C=O) groups excluding carboxylic acids is 1. The molecule has 0 aliphatic carbocycles. The lowest BCUT2D eigenvalue weighted by Gasteiger charge is -2.38. The van der Waals surface area contributed by atoms with Crippen LogP contribution in [0.1, 0.15) is 32.6 Å². The SMILES string of the molecule is C[C@@H](N)[C@@H]1CCCCN1C(=O)CCn1c(=O)n(C)c2ccccc21. The average Bonchev–Trinajstić information content (AvgIpc) is 2.84. The number of imidazole rings is 1. The molecule has 130 valence electrons. The lowest BCUT2D eigenvalue weighted by atomic mass is 9.96. The Morgan fingerprint density at radius 3 is 2.71 bits per heavy atom. The van der Waals surface area contributed by atoms with Crippen molar-refractivity contribution in [3.8, 4) is 0 Å². The molecule has 2 atom stereocenters. The van der Waals surface area contributed by atoms with Crippen LogP contribution in [-0.4, -0.2) is 38.6 Å². The first-order valence-electron chi connectivity index (χ1n) is 8.70. The summed E-state index contributed by atoms with van der Waals surface area (Å²) < 4.78 is 3.32. The molecule has 1 fully saturated rings. The second-order valence-electron chi connectivity index (χ2n) is 6.74. The maximum atomic E-state index is 12.7. The summed E-state index contributed by atoms with van der Waals surface area (Å²) in [6, 6.07) is 7.78. The van der Waals surface area contributed by atoms with Crippen molar-refractivity contribution in [3.05, 3.63) is 34.7 Å². The van der Waals surface area contributed by atoms with Crippen molar-refractivity contribution in [2.45, 2.75) is 51.2 Å². The van der Waals surface area contributed by atoms with Gasteiger partial charge in [0.1, 0.15) is 0 Å². The van der Waals surface area contributed by atoms with E-state index < -0.39 is 0 Å². The van der Waals surface area contributed by atoms with Crippen LogP contribution in [-0.2, 0) is 18.4 Å². The van der Waals surface area contributed by atoms with E-state index in [4.69, 9.17) is 5.73 Å². The molecule has 6 heteroatoms. The Morgan fingerprint density at radius 1 is 1.29 bits per heavy atom. The minimum Gasteiger partial charge on any atom is -0.338 e. The summed E-state index contributed by atoms with van der Waals surface area (Å²) in [4.78, 5) is 27.0. The predicted molar refractivity (Wildman–Crippen MR) is 94.8 cm³/mol. The second kappa shape index (κ2) is 6.81. The Balaban J connectivity index is 1.77. The molecule has 6 nitrogen and oxygen atoms in total. The molecule has 1 aliphatic heterocycles. The third kappa shape index (κ3) is 2.98. The fourth-order valence-electron chi connectivity index (χ4n) is 3.74. The number of hydrogen-bond acceptors (Lipinski definition) is 3. The molecule has 1 aliphatic rings. The summed E-state index contributed by atoms with van der Waals surface area (Å²) in [5, 5.41) is 0. The fraction of sp³-hybridized carbons (Fsp3) is 0.556. The molecule has 0 bridgehead atoms. The molecule has 0 saturated carbocycles. The Bertz CT molecular complexity index is 790. The summed E-state index contributed by atoms with van der Waals surface area (Å²) in [5.41, 5.74) is 7.74. The smallest absolute Gasteiger partial charge is 0.328 e. The fourth-order valence-corrected chi connectivity index (χ4v) is 3.74. The van der Waals surface area contributed by atoms with Gasteiger partial charge in [0.2, 0.25) is 5.91 Å². The second-order valence-corrected chi connectivity index (χ2v) is 6.74. The first-order chi connectivity index (χ1) is 11.5. The van der Waals surface area contributed by atoms with E-state index in [2.05, 4.69) is 0 Å². The molecular weight excluding hydrogens is 304 g/mol. The molecule has 0 unspecified atom stereocenters. The number of aryl methyl sites for hydroxylation is 2. The number of carbonyl (C=O) groups is 1. The predicted octanol–water partition coefficient (Wildman–Crippen LogP) is 1.46. The van der Waals surface area contributed by atoms with Gasteiger partial charge < -0.3 is 10.6 Å². The van der Waals surface area contributed by atoms with E-state index in [-0.39, 0.29) is 23.7 Å². The number of hydrogen-bond donors (Lipinski definition) is 1. The Morgan fingerprint density at radius 2 is 2.00 bits per heavy atom. The van der Waals surface area contributed by atoms with Crippen LogP contribution >= 0.6 is 0 Å². The third-order valence-electron chi connectivity index (χ3n) is 5.08. The number of aromatic nitrogens is 2. The molecule has 0 radical (unpaired) electrons. The van der Waals surface area contributed by atoms with E-state index in [0.717, 1.165) is 36.8 Å². The standard InChI is InChI=1S/C18H26N4O2/c1-13(19)14-7-5-6-11-21(14)17(23)10-12-22-16-9-4-3-8-15(16)20(2)18(22)24/h3-4,8-9,13-14H,5-7,10-12,19H2,1-2H3/t13-,14+/m1/s1. The van der Waals surface area contributed by atoms with Gasteiger partial charge in [0.25, 0.3) is 0 Å². The molecule has 2 aromatic rings. The number of amides is 1. The van der Waals surface area contributed by atoms with Crippen molar-refractivity contribution in [2.75, 3.05) is 6.54 Å². The lowest BCUT2D eigenvalue weighted by molar-refractivity contribution is -0.135. The highest BCUT2D eigenvalue weighted by Crippen LogP contribution is 2.20. The van der Waals surface area contributed by atoms with Crippen LogP contribution < -0.4 is 11.4 Å². The maximum Gasteiger partial charge on any atom is 0.328 e. The average molecular weight is 330 g/mol. The lowest BCUT2D eigenvalue weighted by Crippen LogP contribution is -2.51. The number of likely N-dealkylation sites (tertiary alicyclic amines) is 1. The Labute approximate surface area is 141 Å². The van der Waals surface area contributed by atoms with Crippen LogP contribution in [0.15, 0.2) is 29.1 Å². The quantitative estimate of drug-likeness (QED) is 0.922. The highest BCUT2D eigenvalue weighted by atomic mass is 16.2. The first-order valence-corrected chi connectivity index (χ1v) is 8.70. The minimum absolute atomic E-state index is 0.0190. The maximum absolute atomic E-state index is 12.7. The van der Waals surface area contributed by atoms with Gasteiger partial charge in [-0.2, -0.15) is 0 Å². The van der Waals surface area contributed by atoms with Gasteiger partial charge in [-0.1, -0.05) is 12.1 Å². The van der Waals surface area contributed by atoms with Crippen molar-refractivity contribution in [2.24, 2.45) is 12.8 Å². The van der Waals surface area contributed by atoms with E-state index in [9.17, 15) is 9.59 Å². The van der Waals surface area contributed by atoms with Crippen LogP contribution in [0.25, 0.3) is 11.0 Å². The van der Waals surface area contributed by atoms with E-state index in [0.29, 0.717) is 13.0 Å². The van der Waals surface area contributed by atoms with Crippen molar-refractivity contribution in [1.82, 2.24) is 14.0 Å². The number of fused-ring (bicyclic) bond motifs is 1. The van der Waals surface area contributed by atoms with Crippen LogP contribution in [0.3, 0.4) is 0 Å². The summed E-state index contributed by atoms with van der Waals surface area (Å²) in [7, 11) is 1.76. The molecule has 2 heterocycles. The van der Waals surface area contributed by atoms with E-state index in [1.807, 2.05) is 36.1 Å². The van der Waals surface area contributed by atoms with Gasteiger partial charge in [-0.3, -0.25) is 13.9 Å². The first kappa shape index (κ1) is 16.8. The van der Waals surface area contributed by atoms with Crippen molar-refractivity contribution >= 4 is 16.9 Å². The summed E-state index contributed by atoms with van der Waals surface area (Å²) in [6.45, 7) is 3.14. The molecular formula is C18H26N4O2. The Hall–Kier alpha value is -2.08. The van der Waals surface area contributed by atoms with Gasteiger partial charge in [0, 0.05) is 38.6 Å². The molecule has 1 saturated heterocycles. The van der Waals surface area contributed by atoms with Crippen LogP contribution in [0.4, 0.5) is 0 Å². The van der Waals surface area contributed by atoms with Crippen LogP contribution in [0, 0.1) is 0 Å². The van der Waals surface area contributed by atoms with Gasteiger partial charge in [0.05, 0.1) is 11.0 Å². The number of nitrogens with two attached hydrogens (primary N) is 1. The number of benzene rings is 1. The van der Waals surface area contributed by atoms with Gasteiger partial charge in [-0.05, 0) is 38.3 Å². The van der Waals surface area contributed by atoms with Crippen molar-refractivity contribution < 1.29 is 4.79 Å². The largest absolute Gasteiger partial charge is 0.338 e. The number of nitrogens with zero attached hydrogens (tertiary/aromatic N) is 3. The zero-order valence-corrected chi connectivity index (χ0v) is 14.4. The van der Waals surface area contributed by atoms with Gasteiger partial charge in [-0.25, -0.2) is 4.79 Å². The summed E-state index contributed by atoms with van der Waals surface area (Å²) in [6.07, 6.45) is 3.46. The monoisotopic (exact) mass is 330 g/mol. The summed E-state index contributed by atoms with van der Waals surface area (Å²) in [5.74, 6) is 0.0943. The van der Waals surface area contributed by atoms with E-state index in [1.54, 1.807) is 16.2 Å². The molecule has 24 heavy (non-hydrogen) atoms. The van der Waals surface area contributed by atoms with E-state index in [1.165, 1.54) is 0 Å². The van der Waals surface area contributed by atoms with Crippen LogP contribution in [0.5, 0.6) is 0 Å². The molecule has 3 rings (SSSR count). The molecule has 1 aromatic heterocycles. The normalized spacial score (nSPS) is 19.6. The number of rotatable bonds is 4. The molecule has 0 spiro atoms. The zero-order valence-electron chi connectivity index (χ0n) is 14.4. The van der Waals surface area contributed by atoms with Crippen molar-refractivity contribution in [1.29, 1.82) is 0 Å². The minimum atomic E-state index is -0.0774. The Kier molecular flexibility index (Phi) is 4.76. The van der Waals surface area contributed by atoms with Gasteiger partial charge in [-0.15, -0.1) is 0 Å². The third-order valence-corrected chi connectivity index (χ3v) is 5.08. The highest BCUT2D eigenvalue weighted by Gasteiger charge is 2.29. The highest BCUT2D eigenvalue weighted by molar-refractivity contribution is 5.78. The summed E-state index contributed by atoms with van der Waals surface area (Å²) >= 11 is 0. The molecule has 2 N–H and O–H groups in total. The zero-order chi connectivity index (χ0) is 17.3. The number of piperidine rings is 1. The van der Waals surface area contributed by atoms with Gasteiger partial charge >= 0.3 is 5.69 Å². The van der Waals surface area contributed by atoms with Crippen LogP contribution in [0.2, 0.25) is 0 Å². The molecule has 1 aromatic carbocycles. The van der Waals surface area contributed by atoms with E-state index >= 15 is 0 Å².